The second kappa shape index (κ2) is 7.32. The number of benzene rings is 2. The Morgan fingerprint density at radius 2 is 1.80 bits per heavy atom. The topological polar surface area (TPSA) is 79.3 Å². The standard InChI is InChI=1S/C19H15ClN2O3/c20-14-8-6-12(7-9-14)11-16(19(24)25)22-18(23)15-5-1-3-13-4-2-10-21-17(13)15/h1-10,16H,11H2,(H,22,23)(H,24,25)/t16-/m1/s1. The molecule has 1 amide bonds. The average molecular weight is 355 g/mol. The molecular weight excluding hydrogens is 340 g/mol. The number of hydrogen-bond donors (Lipinski definition) is 2. The molecule has 25 heavy (non-hydrogen) atoms. The molecule has 126 valence electrons. The highest BCUT2D eigenvalue weighted by Gasteiger charge is 2.22. The highest BCUT2D eigenvalue weighted by atomic mass is 35.5. The second-order valence-electron chi connectivity index (χ2n) is 5.58. The van der Waals surface area contributed by atoms with Gasteiger partial charge in [0.2, 0.25) is 0 Å². The Morgan fingerprint density at radius 3 is 2.52 bits per heavy atom. The third-order valence-corrected chi connectivity index (χ3v) is 4.09. The highest BCUT2D eigenvalue weighted by molar-refractivity contribution is 6.30. The van der Waals surface area contributed by atoms with Crippen LogP contribution in [0.4, 0.5) is 0 Å². The molecule has 1 aromatic heterocycles. The third kappa shape index (κ3) is 3.95. The number of halogens is 1. The van der Waals surface area contributed by atoms with Gasteiger partial charge in [-0.15, -0.1) is 0 Å². The summed E-state index contributed by atoms with van der Waals surface area (Å²) in [6, 6.07) is 14.7. The molecular formula is C19H15ClN2O3. The Balaban J connectivity index is 1.83. The molecule has 6 heteroatoms. The van der Waals surface area contributed by atoms with Gasteiger partial charge in [0, 0.05) is 23.0 Å². The monoisotopic (exact) mass is 354 g/mol. The zero-order valence-corrected chi connectivity index (χ0v) is 13.9. The number of aliphatic carboxylic acids is 1. The van der Waals surface area contributed by atoms with Gasteiger partial charge in [0.15, 0.2) is 0 Å². The van der Waals surface area contributed by atoms with E-state index in [-0.39, 0.29) is 6.42 Å². The van der Waals surface area contributed by atoms with Gasteiger partial charge < -0.3 is 10.4 Å². The molecule has 1 atom stereocenters. The van der Waals surface area contributed by atoms with Crippen molar-refractivity contribution in [3.63, 3.8) is 0 Å². The first-order valence-electron chi connectivity index (χ1n) is 7.66. The lowest BCUT2D eigenvalue weighted by Crippen LogP contribution is -2.42. The molecule has 0 saturated carbocycles. The van der Waals surface area contributed by atoms with Crippen molar-refractivity contribution in [2.45, 2.75) is 12.5 Å². The number of fused-ring (bicyclic) bond motifs is 1. The zero-order chi connectivity index (χ0) is 17.8. The van der Waals surface area contributed by atoms with E-state index >= 15 is 0 Å². The molecule has 0 spiro atoms. The summed E-state index contributed by atoms with van der Waals surface area (Å²) in [6.45, 7) is 0. The SMILES string of the molecule is O=C(N[C@H](Cc1ccc(Cl)cc1)C(=O)O)c1cccc2cccnc12. The molecule has 0 unspecified atom stereocenters. The first-order valence-corrected chi connectivity index (χ1v) is 8.04. The number of carbonyl (C=O) groups excluding carboxylic acids is 1. The van der Waals surface area contributed by atoms with Crippen LogP contribution in [0.2, 0.25) is 5.02 Å². The van der Waals surface area contributed by atoms with Crippen molar-refractivity contribution in [3.05, 3.63) is 76.9 Å². The highest BCUT2D eigenvalue weighted by Crippen LogP contribution is 2.16. The van der Waals surface area contributed by atoms with Crippen LogP contribution in [0.5, 0.6) is 0 Å². The van der Waals surface area contributed by atoms with Crippen LogP contribution in [0.1, 0.15) is 15.9 Å². The Kier molecular flexibility index (Phi) is 4.95. The molecule has 0 radical (unpaired) electrons. The predicted molar refractivity (Wildman–Crippen MR) is 95.8 cm³/mol. The maximum Gasteiger partial charge on any atom is 0.326 e. The number of para-hydroxylation sites is 1. The van der Waals surface area contributed by atoms with E-state index in [2.05, 4.69) is 10.3 Å². The number of hydrogen-bond acceptors (Lipinski definition) is 3. The first-order chi connectivity index (χ1) is 12.0. The van der Waals surface area contributed by atoms with Gasteiger partial charge in [-0.1, -0.05) is 41.9 Å². The zero-order valence-electron chi connectivity index (χ0n) is 13.1. The van der Waals surface area contributed by atoms with Gasteiger partial charge in [-0.3, -0.25) is 9.78 Å². The number of rotatable bonds is 5. The summed E-state index contributed by atoms with van der Waals surface area (Å²) in [5.41, 5.74) is 1.66. The second-order valence-corrected chi connectivity index (χ2v) is 6.01. The van der Waals surface area contributed by atoms with Gasteiger partial charge in [0.1, 0.15) is 6.04 Å². The van der Waals surface area contributed by atoms with Crippen molar-refractivity contribution in [1.82, 2.24) is 10.3 Å². The first kappa shape index (κ1) is 16.9. The fraction of sp³-hybridized carbons (Fsp3) is 0.105. The summed E-state index contributed by atoms with van der Waals surface area (Å²) in [7, 11) is 0. The Hall–Kier alpha value is -2.92. The van der Waals surface area contributed by atoms with Gasteiger partial charge in [-0.2, -0.15) is 0 Å². The molecule has 2 N–H and O–H groups in total. The summed E-state index contributed by atoms with van der Waals surface area (Å²) < 4.78 is 0. The lowest BCUT2D eigenvalue weighted by atomic mass is 10.0. The Bertz CT molecular complexity index is 920. The quantitative estimate of drug-likeness (QED) is 0.736. The van der Waals surface area contributed by atoms with Crippen molar-refractivity contribution < 1.29 is 14.7 Å². The summed E-state index contributed by atoms with van der Waals surface area (Å²) in [4.78, 5) is 28.4. The third-order valence-electron chi connectivity index (χ3n) is 3.83. The fourth-order valence-electron chi connectivity index (χ4n) is 2.58. The number of carboxylic acids is 1. The van der Waals surface area contributed by atoms with E-state index in [4.69, 9.17) is 11.6 Å². The van der Waals surface area contributed by atoms with Crippen LogP contribution in [0.3, 0.4) is 0 Å². The number of nitrogens with one attached hydrogen (secondary N) is 1. The lowest BCUT2D eigenvalue weighted by Gasteiger charge is -2.15. The number of carboxylic acid groups (broad SMARTS) is 1. The number of carbonyl (C=O) groups is 2. The van der Waals surface area contributed by atoms with Gasteiger partial charge in [0.05, 0.1) is 11.1 Å². The summed E-state index contributed by atoms with van der Waals surface area (Å²) in [5.74, 6) is -1.57. The van der Waals surface area contributed by atoms with Gasteiger partial charge >= 0.3 is 5.97 Å². The molecule has 5 nitrogen and oxygen atoms in total. The lowest BCUT2D eigenvalue weighted by molar-refractivity contribution is -0.139. The van der Waals surface area contributed by atoms with Crippen LogP contribution in [-0.2, 0) is 11.2 Å². The molecule has 0 bridgehead atoms. The Labute approximate surface area is 149 Å². The molecule has 0 saturated heterocycles. The van der Waals surface area contributed by atoms with Gasteiger partial charge in [-0.05, 0) is 29.8 Å². The fourth-order valence-corrected chi connectivity index (χ4v) is 2.71. The van der Waals surface area contributed by atoms with Crippen LogP contribution in [-0.4, -0.2) is 28.0 Å². The predicted octanol–water partition coefficient (Wildman–Crippen LogP) is 3.31. The summed E-state index contributed by atoms with van der Waals surface area (Å²) in [5, 5.41) is 13.4. The van der Waals surface area contributed by atoms with E-state index in [9.17, 15) is 14.7 Å². The summed E-state index contributed by atoms with van der Waals surface area (Å²) >= 11 is 5.84. The van der Waals surface area contributed by atoms with Crippen LogP contribution < -0.4 is 5.32 Å². The van der Waals surface area contributed by atoms with Crippen molar-refractivity contribution in [3.8, 4) is 0 Å². The van der Waals surface area contributed by atoms with Crippen molar-refractivity contribution >= 4 is 34.4 Å². The number of aromatic nitrogens is 1. The summed E-state index contributed by atoms with van der Waals surface area (Å²) in [6.07, 6.45) is 1.76. The number of amides is 1. The normalized spacial score (nSPS) is 11.9. The maximum absolute atomic E-state index is 12.6. The van der Waals surface area contributed by atoms with E-state index in [1.54, 1.807) is 48.7 Å². The van der Waals surface area contributed by atoms with E-state index in [0.29, 0.717) is 16.1 Å². The van der Waals surface area contributed by atoms with Crippen molar-refractivity contribution in [2.75, 3.05) is 0 Å². The minimum Gasteiger partial charge on any atom is -0.480 e. The van der Waals surface area contributed by atoms with Gasteiger partial charge in [0.25, 0.3) is 5.91 Å². The molecule has 0 aliphatic carbocycles. The molecule has 2 aromatic carbocycles. The van der Waals surface area contributed by atoms with Crippen LogP contribution in [0.25, 0.3) is 10.9 Å². The molecule has 0 aliphatic rings. The maximum atomic E-state index is 12.6. The van der Waals surface area contributed by atoms with E-state index in [1.165, 1.54) is 0 Å². The number of pyridine rings is 1. The van der Waals surface area contributed by atoms with Crippen molar-refractivity contribution in [1.29, 1.82) is 0 Å². The molecule has 0 fully saturated rings. The molecule has 0 aliphatic heterocycles. The van der Waals surface area contributed by atoms with E-state index in [0.717, 1.165) is 10.9 Å². The molecule has 3 aromatic rings. The van der Waals surface area contributed by atoms with Crippen LogP contribution in [0, 0.1) is 0 Å². The molecule has 1 heterocycles. The minimum atomic E-state index is -1.10. The Morgan fingerprint density at radius 1 is 1.08 bits per heavy atom. The van der Waals surface area contributed by atoms with E-state index in [1.807, 2.05) is 12.1 Å². The number of nitrogens with zero attached hydrogens (tertiary/aromatic N) is 1. The smallest absolute Gasteiger partial charge is 0.326 e. The van der Waals surface area contributed by atoms with Gasteiger partial charge in [-0.25, -0.2) is 4.79 Å². The molecule has 3 rings (SSSR count). The van der Waals surface area contributed by atoms with Crippen LogP contribution >= 0.6 is 11.6 Å². The average Bonchev–Trinajstić information content (AvgIpc) is 2.62. The minimum absolute atomic E-state index is 0.163. The van der Waals surface area contributed by atoms with Crippen LogP contribution in [0.15, 0.2) is 60.8 Å². The largest absolute Gasteiger partial charge is 0.480 e. The van der Waals surface area contributed by atoms with E-state index < -0.39 is 17.9 Å². The van der Waals surface area contributed by atoms with Crippen molar-refractivity contribution in [2.24, 2.45) is 0 Å².